The molecule has 0 aliphatic carbocycles. The Balaban J connectivity index is 1.60. The number of halogens is 1. The Morgan fingerprint density at radius 2 is 2.20 bits per heavy atom. The average Bonchev–Trinajstić information content (AvgIpc) is 3.18. The summed E-state index contributed by atoms with van der Waals surface area (Å²) in [5.74, 6) is 1.07. The van der Waals surface area contributed by atoms with Crippen molar-refractivity contribution in [2.45, 2.75) is 25.4 Å². The molecule has 0 bridgehead atoms. The van der Waals surface area contributed by atoms with Crippen molar-refractivity contribution < 1.29 is 4.42 Å². The lowest BCUT2D eigenvalue weighted by Gasteiger charge is -2.26. The van der Waals surface area contributed by atoms with Crippen LogP contribution in [-0.4, -0.2) is 24.5 Å². The van der Waals surface area contributed by atoms with Gasteiger partial charge in [0.2, 0.25) is 0 Å². The minimum Gasteiger partial charge on any atom is -0.468 e. The van der Waals surface area contributed by atoms with E-state index in [0.29, 0.717) is 6.04 Å². The van der Waals surface area contributed by atoms with Crippen LogP contribution in [0.25, 0.3) is 0 Å². The third kappa shape index (κ3) is 3.34. The van der Waals surface area contributed by atoms with Gasteiger partial charge in [-0.2, -0.15) is 0 Å². The maximum absolute atomic E-state index is 5.63. The van der Waals surface area contributed by atoms with Crippen molar-refractivity contribution in [2.75, 3.05) is 19.6 Å². The quantitative estimate of drug-likeness (QED) is 0.848. The number of likely N-dealkylation sites (tertiary alicyclic amines) is 1. The van der Waals surface area contributed by atoms with Crippen LogP contribution in [0.1, 0.15) is 29.5 Å². The van der Waals surface area contributed by atoms with Gasteiger partial charge in [0.1, 0.15) is 5.76 Å². The van der Waals surface area contributed by atoms with Crippen molar-refractivity contribution in [1.82, 2.24) is 10.2 Å². The summed E-state index contributed by atoms with van der Waals surface area (Å²) in [7, 11) is 0. The van der Waals surface area contributed by atoms with E-state index in [1.165, 1.54) is 35.3 Å². The smallest absolute Gasteiger partial charge is 0.122 e. The zero-order chi connectivity index (χ0) is 13.8. The molecule has 1 fully saturated rings. The van der Waals surface area contributed by atoms with Crippen molar-refractivity contribution >= 4 is 27.3 Å². The molecule has 1 aliphatic rings. The van der Waals surface area contributed by atoms with Gasteiger partial charge in [-0.05, 0) is 65.4 Å². The van der Waals surface area contributed by atoms with Crippen molar-refractivity contribution in [1.29, 1.82) is 0 Å². The molecule has 1 saturated heterocycles. The normalized spacial score (nSPS) is 17.6. The van der Waals surface area contributed by atoms with Crippen molar-refractivity contribution in [3.05, 3.63) is 45.0 Å². The highest BCUT2D eigenvalue weighted by atomic mass is 79.9. The predicted octanol–water partition coefficient (Wildman–Crippen LogP) is 4.03. The van der Waals surface area contributed by atoms with Gasteiger partial charge in [-0.1, -0.05) is 0 Å². The molecule has 2 aromatic heterocycles. The molecule has 3 nitrogen and oxygen atoms in total. The summed E-state index contributed by atoms with van der Waals surface area (Å²) in [5.41, 5.74) is 0. The van der Waals surface area contributed by atoms with E-state index in [1.807, 2.05) is 6.07 Å². The summed E-state index contributed by atoms with van der Waals surface area (Å²) in [6.45, 7) is 4.19. The van der Waals surface area contributed by atoms with Crippen LogP contribution in [0.15, 0.2) is 38.7 Å². The zero-order valence-corrected chi connectivity index (χ0v) is 13.8. The molecule has 1 aliphatic heterocycles. The van der Waals surface area contributed by atoms with E-state index in [-0.39, 0.29) is 0 Å². The molecular formula is C15H19BrN2OS. The van der Waals surface area contributed by atoms with Crippen molar-refractivity contribution in [3.63, 3.8) is 0 Å². The van der Waals surface area contributed by atoms with E-state index in [4.69, 9.17) is 4.42 Å². The Labute approximate surface area is 132 Å². The first kappa shape index (κ1) is 14.3. The third-order valence-corrected chi connectivity index (χ3v) is 5.69. The van der Waals surface area contributed by atoms with Gasteiger partial charge in [0.25, 0.3) is 0 Å². The predicted molar refractivity (Wildman–Crippen MR) is 86.0 cm³/mol. The van der Waals surface area contributed by atoms with Crippen LogP contribution in [0.2, 0.25) is 0 Å². The lowest BCUT2D eigenvalue weighted by atomic mass is 10.2. The summed E-state index contributed by atoms with van der Waals surface area (Å²) < 4.78 is 6.83. The van der Waals surface area contributed by atoms with Crippen LogP contribution in [0, 0.1) is 0 Å². The number of rotatable bonds is 6. The topological polar surface area (TPSA) is 28.4 Å². The van der Waals surface area contributed by atoms with Crippen LogP contribution in [0.5, 0.6) is 0 Å². The first-order valence-electron chi connectivity index (χ1n) is 7.04. The first-order chi connectivity index (χ1) is 9.84. The molecular weight excluding hydrogens is 336 g/mol. The second kappa shape index (κ2) is 6.89. The maximum atomic E-state index is 5.63. The number of nitrogens with zero attached hydrogens (tertiary/aromatic N) is 1. The highest BCUT2D eigenvalue weighted by molar-refractivity contribution is 9.10. The Bertz CT molecular complexity index is 520. The third-order valence-electron chi connectivity index (χ3n) is 3.77. The molecule has 1 N–H and O–H groups in total. The van der Waals surface area contributed by atoms with E-state index in [1.54, 1.807) is 17.6 Å². The molecule has 2 aromatic rings. The summed E-state index contributed by atoms with van der Waals surface area (Å²) >= 11 is 5.36. The SMILES string of the molecule is Brc1ccsc1CNCC(c1ccco1)N1CCCC1. The minimum absolute atomic E-state index is 0.353. The number of furan rings is 1. The summed E-state index contributed by atoms with van der Waals surface area (Å²) in [4.78, 5) is 3.87. The summed E-state index contributed by atoms with van der Waals surface area (Å²) in [6, 6.07) is 6.53. The lowest BCUT2D eigenvalue weighted by Crippen LogP contribution is -2.33. The maximum Gasteiger partial charge on any atom is 0.122 e. The van der Waals surface area contributed by atoms with Crippen LogP contribution in [-0.2, 0) is 6.54 Å². The Kier molecular flexibility index (Phi) is 4.94. The average molecular weight is 355 g/mol. The lowest BCUT2D eigenvalue weighted by molar-refractivity contribution is 0.209. The van der Waals surface area contributed by atoms with Crippen LogP contribution < -0.4 is 5.32 Å². The second-order valence-corrected chi connectivity index (χ2v) is 6.95. The fourth-order valence-corrected chi connectivity index (χ4v) is 4.18. The Morgan fingerprint density at radius 1 is 1.35 bits per heavy atom. The molecule has 0 amide bonds. The van der Waals surface area contributed by atoms with Gasteiger partial charge in [-0.3, -0.25) is 4.90 Å². The molecule has 5 heteroatoms. The molecule has 0 aromatic carbocycles. The van der Waals surface area contributed by atoms with E-state index in [2.05, 4.69) is 43.7 Å². The molecule has 0 radical (unpaired) electrons. The number of hydrogen-bond donors (Lipinski definition) is 1. The highest BCUT2D eigenvalue weighted by Gasteiger charge is 2.25. The van der Waals surface area contributed by atoms with Crippen LogP contribution in [0.4, 0.5) is 0 Å². The van der Waals surface area contributed by atoms with E-state index < -0.39 is 0 Å². The van der Waals surface area contributed by atoms with Gasteiger partial charge in [-0.15, -0.1) is 11.3 Å². The fraction of sp³-hybridized carbons (Fsp3) is 0.467. The highest BCUT2D eigenvalue weighted by Crippen LogP contribution is 2.26. The van der Waals surface area contributed by atoms with Gasteiger partial charge in [0.05, 0.1) is 12.3 Å². The molecule has 3 heterocycles. The second-order valence-electron chi connectivity index (χ2n) is 5.10. The summed E-state index contributed by atoms with van der Waals surface area (Å²) in [6.07, 6.45) is 4.37. The molecule has 1 atom stereocenters. The standard InChI is InChI=1S/C15H19BrN2OS/c16-12-5-9-20-15(12)11-17-10-13(14-4-3-8-19-14)18-6-1-2-7-18/h3-5,8-9,13,17H,1-2,6-7,10-11H2. The number of thiophene rings is 1. The van der Waals surface area contributed by atoms with Crippen LogP contribution in [0.3, 0.4) is 0 Å². The molecule has 0 saturated carbocycles. The van der Waals surface area contributed by atoms with Gasteiger partial charge >= 0.3 is 0 Å². The monoisotopic (exact) mass is 354 g/mol. The fourth-order valence-electron chi connectivity index (χ4n) is 2.72. The van der Waals surface area contributed by atoms with Gasteiger partial charge < -0.3 is 9.73 Å². The molecule has 0 spiro atoms. The zero-order valence-electron chi connectivity index (χ0n) is 11.3. The first-order valence-corrected chi connectivity index (χ1v) is 8.72. The van der Waals surface area contributed by atoms with E-state index in [0.717, 1.165) is 18.8 Å². The van der Waals surface area contributed by atoms with Gasteiger partial charge in [0.15, 0.2) is 0 Å². The number of hydrogen-bond acceptors (Lipinski definition) is 4. The van der Waals surface area contributed by atoms with Crippen LogP contribution >= 0.6 is 27.3 Å². The van der Waals surface area contributed by atoms with Crippen molar-refractivity contribution in [2.24, 2.45) is 0 Å². The molecule has 20 heavy (non-hydrogen) atoms. The van der Waals surface area contributed by atoms with E-state index in [9.17, 15) is 0 Å². The Morgan fingerprint density at radius 3 is 2.85 bits per heavy atom. The largest absolute Gasteiger partial charge is 0.468 e. The minimum atomic E-state index is 0.353. The van der Waals surface area contributed by atoms with Gasteiger partial charge in [-0.25, -0.2) is 0 Å². The molecule has 1 unspecified atom stereocenters. The molecule has 3 rings (SSSR count). The van der Waals surface area contributed by atoms with Gasteiger partial charge in [0, 0.05) is 22.4 Å². The van der Waals surface area contributed by atoms with E-state index >= 15 is 0 Å². The van der Waals surface area contributed by atoms with Crippen molar-refractivity contribution in [3.8, 4) is 0 Å². The Hall–Kier alpha value is -0.620. The summed E-state index contributed by atoms with van der Waals surface area (Å²) in [5, 5.41) is 5.69. The number of nitrogens with one attached hydrogen (secondary N) is 1. The molecule has 108 valence electrons.